The van der Waals surface area contributed by atoms with Crippen molar-refractivity contribution >= 4 is 24.0 Å². The quantitative estimate of drug-likeness (QED) is 0.722. The fourth-order valence-electron chi connectivity index (χ4n) is 1.71. The number of hydrogen-bond donors (Lipinski definition) is 3. The highest BCUT2D eigenvalue weighted by atomic mass is 35.5. The van der Waals surface area contributed by atoms with Gasteiger partial charge in [0.25, 0.3) is 0 Å². The molecular formula is C12H17ClN2O3. The summed E-state index contributed by atoms with van der Waals surface area (Å²) < 4.78 is 5.44. The second-order valence-corrected chi connectivity index (χ2v) is 4.00. The van der Waals surface area contributed by atoms with Crippen LogP contribution >= 0.6 is 12.4 Å². The first-order chi connectivity index (χ1) is 8.24. The number of anilines is 1. The Morgan fingerprint density at radius 2 is 2.17 bits per heavy atom. The van der Waals surface area contributed by atoms with Gasteiger partial charge < -0.3 is 20.5 Å². The van der Waals surface area contributed by atoms with E-state index in [0.29, 0.717) is 25.3 Å². The molecule has 1 atom stereocenters. The fraction of sp³-hybridized carbons (Fsp3) is 0.417. The van der Waals surface area contributed by atoms with Gasteiger partial charge in [-0.2, -0.15) is 0 Å². The molecule has 2 rings (SSSR count). The number of rotatable bonds is 3. The van der Waals surface area contributed by atoms with E-state index in [1.807, 2.05) is 0 Å². The molecule has 1 amide bonds. The molecule has 18 heavy (non-hydrogen) atoms. The fourth-order valence-corrected chi connectivity index (χ4v) is 1.71. The maximum absolute atomic E-state index is 11.7. The lowest BCUT2D eigenvalue weighted by atomic mass is 10.2. The number of phenols is 1. The number of carbonyl (C=O) groups is 1. The second kappa shape index (κ2) is 7.20. The van der Waals surface area contributed by atoms with E-state index in [1.54, 1.807) is 12.1 Å². The predicted octanol–water partition coefficient (Wildman–Crippen LogP) is 1.13. The number of halogens is 1. The smallest absolute Gasteiger partial charge is 0.227 e. The molecule has 0 aliphatic carbocycles. The molecule has 1 heterocycles. The van der Waals surface area contributed by atoms with Gasteiger partial charge in [-0.05, 0) is 24.3 Å². The zero-order valence-corrected chi connectivity index (χ0v) is 10.7. The highest BCUT2D eigenvalue weighted by Crippen LogP contribution is 2.14. The third kappa shape index (κ3) is 4.52. The summed E-state index contributed by atoms with van der Waals surface area (Å²) in [5.74, 6) is 0.104. The van der Waals surface area contributed by atoms with E-state index < -0.39 is 0 Å². The molecule has 1 aliphatic rings. The van der Waals surface area contributed by atoms with Crippen LogP contribution in [0, 0.1) is 0 Å². The summed E-state index contributed by atoms with van der Waals surface area (Å²) in [4.78, 5) is 11.7. The molecule has 1 saturated heterocycles. The summed E-state index contributed by atoms with van der Waals surface area (Å²) in [7, 11) is 0. The lowest BCUT2D eigenvalue weighted by molar-refractivity contribution is -0.119. The van der Waals surface area contributed by atoms with Crippen LogP contribution in [0.15, 0.2) is 24.3 Å². The predicted molar refractivity (Wildman–Crippen MR) is 71.2 cm³/mol. The maximum Gasteiger partial charge on any atom is 0.227 e. The van der Waals surface area contributed by atoms with Crippen LogP contribution < -0.4 is 10.6 Å². The average Bonchev–Trinajstić information content (AvgIpc) is 2.33. The number of carbonyl (C=O) groups excluding carboxylic acids is 1. The van der Waals surface area contributed by atoms with Crippen LogP contribution in [-0.4, -0.2) is 36.8 Å². The van der Waals surface area contributed by atoms with Crippen LogP contribution in [0.4, 0.5) is 5.69 Å². The number of amides is 1. The topological polar surface area (TPSA) is 70.6 Å². The number of morpholine rings is 1. The summed E-state index contributed by atoms with van der Waals surface area (Å²) in [6.07, 6.45) is 0.286. The third-order valence-electron chi connectivity index (χ3n) is 2.57. The molecule has 1 fully saturated rings. The van der Waals surface area contributed by atoms with Crippen LogP contribution in [0.1, 0.15) is 6.42 Å². The standard InChI is InChI=1S/C12H16N2O3.ClH/c15-10-3-1-9(2-4-10)14-12(16)7-11-8-13-5-6-17-11;/h1-4,11,13,15H,5-8H2,(H,14,16);1H. The Hall–Kier alpha value is -1.30. The first-order valence-electron chi connectivity index (χ1n) is 5.65. The van der Waals surface area contributed by atoms with Crippen molar-refractivity contribution in [2.24, 2.45) is 0 Å². The van der Waals surface area contributed by atoms with E-state index in [1.165, 1.54) is 12.1 Å². The summed E-state index contributed by atoms with van der Waals surface area (Å²) in [5.41, 5.74) is 0.677. The van der Waals surface area contributed by atoms with E-state index in [9.17, 15) is 4.79 Å². The van der Waals surface area contributed by atoms with E-state index in [4.69, 9.17) is 9.84 Å². The van der Waals surface area contributed by atoms with E-state index in [-0.39, 0.29) is 30.2 Å². The van der Waals surface area contributed by atoms with Crippen molar-refractivity contribution in [2.75, 3.05) is 25.0 Å². The van der Waals surface area contributed by atoms with Crippen LogP contribution in [0.25, 0.3) is 0 Å². The minimum atomic E-state index is -0.0793. The van der Waals surface area contributed by atoms with Crippen LogP contribution in [0.2, 0.25) is 0 Å². The van der Waals surface area contributed by atoms with Gasteiger partial charge in [-0.25, -0.2) is 0 Å². The molecule has 1 aromatic rings. The molecule has 1 aromatic carbocycles. The van der Waals surface area contributed by atoms with Crippen molar-refractivity contribution < 1.29 is 14.6 Å². The normalized spacial score (nSPS) is 18.8. The Bertz CT molecular complexity index is 377. The number of phenolic OH excluding ortho intramolecular Hbond substituents is 1. The zero-order valence-electron chi connectivity index (χ0n) is 9.89. The minimum Gasteiger partial charge on any atom is -0.508 e. The third-order valence-corrected chi connectivity index (χ3v) is 2.57. The Balaban J connectivity index is 0.00000162. The largest absolute Gasteiger partial charge is 0.508 e. The van der Waals surface area contributed by atoms with Gasteiger partial charge in [0, 0.05) is 18.8 Å². The lowest BCUT2D eigenvalue weighted by Crippen LogP contribution is -2.40. The van der Waals surface area contributed by atoms with Gasteiger partial charge >= 0.3 is 0 Å². The molecule has 0 saturated carbocycles. The van der Waals surface area contributed by atoms with Crippen molar-refractivity contribution in [2.45, 2.75) is 12.5 Å². The first kappa shape index (κ1) is 14.8. The van der Waals surface area contributed by atoms with Gasteiger partial charge in [-0.3, -0.25) is 4.79 Å². The number of nitrogens with one attached hydrogen (secondary N) is 2. The van der Waals surface area contributed by atoms with Gasteiger partial charge in [-0.1, -0.05) is 0 Å². The van der Waals surface area contributed by atoms with Gasteiger partial charge in [0.1, 0.15) is 5.75 Å². The van der Waals surface area contributed by atoms with Crippen LogP contribution in [-0.2, 0) is 9.53 Å². The SMILES string of the molecule is Cl.O=C(CC1CNCCO1)Nc1ccc(O)cc1. The Labute approximate surface area is 112 Å². The van der Waals surface area contributed by atoms with E-state index in [0.717, 1.165) is 6.54 Å². The van der Waals surface area contributed by atoms with Crippen LogP contribution in [0.5, 0.6) is 5.75 Å². The lowest BCUT2D eigenvalue weighted by Gasteiger charge is -2.23. The molecule has 100 valence electrons. The number of benzene rings is 1. The van der Waals surface area contributed by atoms with Gasteiger partial charge in [-0.15, -0.1) is 12.4 Å². The molecule has 5 nitrogen and oxygen atoms in total. The highest BCUT2D eigenvalue weighted by molar-refractivity contribution is 5.91. The monoisotopic (exact) mass is 272 g/mol. The number of ether oxygens (including phenoxy) is 1. The molecule has 0 bridgehead atoms. The summed E-state index contributed by atoms with van der Waals surface area (Å²) >= 11 is 0. The Morgan fingerprint density at radius 3 is 2.78 bits per heavy atom. The van der Waals surface area contributed by atoms with Crippen molar-refractivity contribution in [3.8, 4) is 5.75 Å². The highest BCUT2D eigenvalue weighted by Gasteiger charge is 2.17. The van der Waals surface area contributed by atoms with Gasteiger partial charge in [0.15, 0.2) is 0 Å². The Morgan fingerprint density at radius 1 is 1.44 bits per heavy atom. The molecular weight excluding hydrogens is 256 g/mol. The van der Waals surface area contributed by atoms with Crippen molar-refractivity contribution in [1.29, 1.82) is 0 Å². The zero-order chi connectivity index (χ0) is 12.1. The molecule has 0 spiro atoms. The molecule has 1 aliphatic heterocycles. The van der Waals surface area contributed by atoms with Crippen molar-refractivity contribution in [3.05, 3.63) is 24.3 Å². The Kier molecular flexibility index (Phi) is 5.91. The van der Waals surface area contributed by atoms with E-state index >= 15 is 0 Å². The molecule has 0 radical (unpaired) electrons. The van der Waals surface area contributed by atoms with Crippen molar-refractivity contribution in [3.63, 3.8) is 0 Å². The van der Waals surface area contributed by atoms with Crippen LogP contribution in [0.3, 0.4) is 0 Å². The number of hydrogen-bond acceptors (Lipinski definition) is 4. The van der Waals surface area contributed by atoms with E-state index in [2.05, 4.69) is 10.6 Å². The number of aromatic hydroxyl groups is 1. The summed E-state index contributed by atoms with van der Waals surface area (Å²) in [5, 5.41) is 15.0. The molecule has 6 heteroatoms. The second-order valence-electron chi connectivity index (χ2n) is 4.00. The van der Waals surface area contributed by atoms with Crippen molar-refractivity contribution in [1.82, 2.24) is 5.32 Å². The van der Waals surface area contributed by atoms with Gasteiger partial charge in [0.2, 0.25) is 5.91 Å². The van der Waals surface area contributed by atoms with Gasteiger partial charge in [0.05, 0.1) is 19.1 Å². The molecule has 3 N–H and O–H groups in total. The summed E-state index contributed by atoms with van der Waals surface area (Å²) in [6, 6.07) is 6.39. The average molecular weight is 273 g/mol. The summed E-state index contributed by atoms with van der Waals surface area (Å²) in [6.45, 7) is 2.20. The maximum atomic E-state index is 11.7. The minimum absolute atomic E-state index is 0. The molecule has 1 unspecified atom stereocenters. The first-order valence-corrected chi connectivity index (χ1v) is 5.65. The molecule has 0 aromatic heterocycles.